The summed E-state index contributed by atoms with van der Waals surface area (Å²) >= 11 is 1.90. The van der Waals surface area contributed by atoms with Gasteiger partial charge in [0.05, 0.1) is 22.1 Å². The van der Waals surface area contributed by atoms with Crippen molar-refractivity contribution in [2.45, 2.75) is 43.4 Å². The highest BCUT2D eigenvalue weighted by Crippen LogP contribution is 2.71. The average molecular weight is 813 g/mol. The Hall–Kier alpha value is -6.42. The van der Waals surface area contributed by atoms with Gasteiger partial charge in [0.1, 0.15) is 0 Å². The minimum atomic E-state index is -0.510. The van der Waals surface area contributed by atoms with E-state index in [4.69, 9.17) is 0 Å². The van der Waals surface area contributed by atoms with E-state index in [1.54, 1.807) is 5.56 Å². The van der Waals surface area contributed by atoms with Crippen LogP contribution in [-0.2, 0) is 10.8 Å². The SMILES string of the molecule is C[C@@H]1C[C@H]2CC3C[C@@](c4ccc(N(c5ccc6c(c5)C5(c7ccccc7-6)c6ccccc6-n6c7ccccc7c7cccc5c76)c5ccc6c(c5)sc5ccccc56)cc4)(C1)C32. The zero-order valence-corrected chi connectivity index (χ0v) is 35.5. The summed E-state index contributed by atoms with van der Waals surface area (Å²) < 4.78 is 5.20. The molecule has 1 spiro atoms. The molecule has 1 aliphatic heterocycles. The van der Waals surface area contributed by atoms with Gasteiger partial charge in [-0.05, 0) is 148 Å². The third-order valence-corrected chi connectivity index (χ3v) is 17.7. The molecular weight excluding hydrogens is 769 g/mol. The lowest BCUT2D eigenvalue weighted by Gasteiger charge is -2.70. The first kappa shape index (κ1) is 34.2. The van der Waals surface area contributed by atoms with Crippen LogP contribution in [0.25, 0.3) is 58.8 Å². The highest BCUT2D eigenvalue weighted by atomic mass is 32.1. The predicted molar refractivity (Wildman–Crippen MR) is 259 cm³/mol. The monoisotopic (exact) mass is 812 g/mol. The molecule has 3 unspecified atom stereocenters. The second-order valence-corrected chi connectivity index (χ2v) is 20.5. The van der Waals surface area contributed by atoms with Crippen LogP contribution >= 0.6 is 11.3 Å². The number of aromatic nitrogens is 1. The molecule has 2 aromatic heterocycles. The van der Waals surface area contributed by atoms with Gasteiger partial charge in [-0.1, -0.05) is 128 Å². The number of nitrogens with zero attached hydrogens (tertiary/aromatic N) is 2. The van der Waals surface area contributed by atoms with Crippen molar-refractivity contribution >= 4 is 70.4 Å². The van der Waals surface area contributed by atoms with Gasteiger partial charge in [0.2, 0.25) is 0 Å². The van der Waals surface area contributed by atoms with Crippen molar-refractivity contribution in [1.29, 1.82) is 0 Å². The Kier molecular flexibility index (Phi) is 6.58. The van der Waals surface area contributed by atoms with Gasteiger partial charge >= 0.3 is 0 Å². The predicted octanol–water partition coefficient (Wildman–Crippen LogP) is 15.6. The van der Waals surface area contributed by atoms with Crippen molar-refractivity contribution in [1.82, 2.24) is 4.57 Å². The molecule has 296 valence electrons. The standard InChI is InChI=1S/C59H44N2S/c1-35-29-36-30-37-34-58(33-35,56(36)37)38-21-23-39(24-22-38)60(41-26-28-46-45-13-4-9-20-54(45)62-55(46)32-41)40-25-27-43-42-11-2-5-15-48(42)59(51(43)31-40)49-16-6-8-19-53(49)61-52-18-7-3-12-44(52)47-14-10-17-50(59)57(47)61/h2-28,31-32,35-37,56H,29-30,33-34H2,1H3/t35-,36+,37?,56?,58-,59?/m1/s1. The third kappa shape index (κ3) is 4.12. The van der Waals surface area contributed by atoms with Crippen LogP contribution in [0.5, 0.6) is 0 Å². The van der Waals surface area contributed by atoms with Crippen LogP contribution in [-0.4, -0.2) is 4.57 Å². The van der Waals surface area contributed by atoms with Gasteiger partial charge < -0.3 is 9.47 Å². The fourth-order valence-corrected chi connectivity index (χ4v) is 15.6. The Bertz CT molecular complexity index is 3550. The van der Waals surface area contributed by atoms with Crippen molar-refractivity contribution in [2.75, 3.05) is 4.90 Å². The van der Waals surface area contributed by atoms with E-state index in [2.05, 4.69) is 192 Å². The molecule has 6 atom stereocenters. The number of fused-ring (bicyclic) bond motifs is 15. The van der Waals surface area contributed by atoms with E-state index in [0.717, 1.165) is 23.7 Å². The number of anilines is 3. The maximum Gasteiger partial charge on any atom is 0.0755 e. The minimum Gasteiger partial charge on any atom is -0.310 e. The number of rotatable bonds is 4. The van der Waals surface area contributed by atoms with Gasteiger partial charge in [0.15, 0.2) is 0 Å². The summed E-state index contributed by atoms with van der Waals surface area (Å²) in [7, 11) is 0. The summed E-state index contributed by atoms with van der Waals surface area (Å²) in [6, 6.07) is 67.8. The van der Waals surface area contributed by atoms with Crippen molar-refractivity contribution in [3.05, 3.63) is 204 Å². The second-order valence-electron chi connectivity index (χ2n) is 19.4. The smallest absolute Gasteiger partial charge is 0.0755 e. The van der Waals surface area contributed by atoms with Crippen LogP contribution in [0.3, 0.4) is 0 Å². The van der Waals surface area contributed by atoms with Crippen LogP contribution < -0.4 is 4.90 Å². The Morgan fingerprint density at radius 1 is 0.516 bits per heavy atom. The molecule has 0 saturated heterocycles. The summed E-state index contributed by atoms with van der Waals surface area (Å²) in [4.78, 5) is 2.55. The molecule has 0 radical (unpaired) electrons. The van der Waals surface area contributed by atoms with Crippen LogP contribution in [0.4, 0.5) is 17.1 Å². The van der Waals surface area contributed by atoms with Crippen molar-refractivity contribution in [2.24, 2.45) is 23.7 Å². The zero-order chi connectivity index (χ0) is 40.5. The Morgan fingerprint density at radius 3 is 2.11 bits per heavy atom. The molecule has 3 heterocycles. The summed E-state index contributed by atoms with van der Waals surface area (Å²) in [5, 5.41) is 5.28. The molecule has 15 rings (SSSR count). The largest absolute Gasteiger partial charge is 0.310 e. The van der Waals surface area contributed by atoms with Crippen LogP contribution in [0.2, 0.25) is 0 Å². The van der Waals surface area contributed by atoms with Crippen molar-refractivity contribution < 1.29 is 0 Å². The minimum absolute atomic E-state index is 0.369. The number of hydrogen-bond donors (Lipinski definition) is 0. The number of benzene rings is 8. The second kappa shape index (κ2) is 11.9. The third-order valence-electron chi connectivity index (χ3n) is 16.6. The highest BCUT2D eigenvalue weighted by Gasteiger charge is 2.65. The van der Waals surface area contributed by atoms with Crippen LogP contribution in [0.1, 0.15) is 60.4 Å². The summed E-state index contributed by atoms with van der Waals surface area (Å²) in [6.07, 6.45) is 5.62. The molecule has 8 aromatic carbocycles. The van der Waals surface area contributed by atoms with Gasteiger partial charge in [-0.25, -0.2) is 0 Å². The maximum atomic E-state index is 2.56. The van der Waals surface area contributed by atoms with Crippen LogP contribution in [0, 0.1) is 23.7 Å². The fourth-order valence-electron chi connectivity index (χ4n) is 14.5. The topological polar surface area (TPSA) is 8.17 Å². The molecule has 4 aliphatic carbocycles. The van der Waals surface area contributed by atoms with Crippen molar-refractivity contribution in [3.8, 4) is 16.8 Å². The van der Waals surface area contributed by atoms with Gasteiger partial charge in [-0.2, -0.15) is 0 Å². The summed E-state index contributed by atoms with van der Waals surface area (Å²) in [5.41, 5.74) is 16.9. The molecule has 2 nitrogen and oxygen atoms in total. The maximum absolute atomic E-state index is 2.56. The normalized spacial score (nSPS) is 24.7. The molecule has 3 saturated carbocycles. The molecule has 3 fully saturated rings. The van der Waals surface area contributed by atoms with Gasteiger partial charge in [0.25, 0.3) is 0 Å². The summed E-state index contributed by atoms with van der Waals surface area (Å²) in [5.74, 6) is 3.59. The molecule has 5 aliphatic rings. The highest BCUT2D eigenvalue weighted by molar-refractivity contribution is 7.25. The zero-order valence-electron chi connectivity index (χ0n) is 34.7. The van der Waals surface area contributed by atoms with E-state index in [1.165, 1.54) is 124 Å². The van der Waals surface area contributed by atoms with E-state index in [1.807, 2.05) is 11.3 Å². The molecule has 0 amide bonds. The lowest BCUT2D eigenvalue weighted by Crippen LogP contribution is -2.65. The number of para-hydroxylation sites is 3. The van der Waals surface area contributed by atoms with E-state index < -0.39 is 5.41 Å². The Morgan fingerprint density at radius 2 is 1.21 bits per heavy atom. The van der Waals surface area contributed by atoms with Gasteiger partial charge in [-0.15, -0.1) is 11.3 Å². The van der Waals surface area contributed by atoms with E-state index in [9.17, 15) is 0 Å². The van der Waals surface area contributed by atoms with Crippen molar-refractivity contribution in [3.63, 3.8) is 0 Å². The molecule has 0 bridgehead atoms. The van der Waals surface area contributed by atoms with E-state index >= 15 is 0 Å². The Labute approximate surface area is 365 Å². The van der Waals surface area contributed by atoms with E-state index in [0.29, 0.717) is 5.41 Å². The quantitative estimate of drug-likeness (QED) is 0.172. The number of thiophene rings is 1. The summed E-state index contributed by atoms with van der Waals surface area (Å²) in [6.45, 7) is 2.51. The fraction of sp³-hybridized carbons (Fsp3) is 0.186. The Balaban J connectivity index is 0.976. The molecular formula is C59H44N2S. The first-order valence-corrected chi connectivity index (χ1v) is 23.6. The van der Waals surface area contributed by atoms with Crippen LogP contribution in [0.15, 0.2) is 176 Å². The average Bonchev–Trinajstić information content (AvgIpc) is 3.94. The lowest BCUT2D eigenvalue weighted by atomic mass is 9.34. The first-order valence-electron chi connectivity index (χ1n) is 22.8. The lowest BCUT2D eigenvalue weighted by molar-refractivity contribution is -0.159. The number of hydrogen-bond acceptors (Lipinski definition) is 2. The first-order chi connectivity index (χ1) is 30.6. The van der Waals surface area contributed by atoms with Gasteiger partial charge in [0, 0.05) is 48.0 Å². The molecule has 0 N–H and O–H groups in total. The van der Waals surface area contributed by atoms with Gasteiger partial charge in [-0.3, -0.25) is 0 Å². The van der Waals surface area contributed by atoms with E-state index in [-0.39, 0.29) is 0 Å². The molecule has 3 heteroatoms. The molecule has 10 aromatic rings. The molecule has 62 heavy (non-hydrogen) atoms.